The topological polar surface area (TPSA) is 70.2 Å². The van der Waals surface area contributed by atoms with Gasteiger partial charge in [0.05, 0.1) is 0 Å². The third-order valence-electron chi connectivity index (χ3n) is 3.87. The Kier molecular flexibility index (Phi) is 5.56. The molecule has 0 unspecified atom stereocenters. The molecule has 0 bridgehead atoms. The van der Waals surface area contributed by atoms with Crippen molar-refractivity contribution in [2.45, 2.75) is 31.7 Å². The van der Waals surface area contributed by atoms with Gasteiger partial charge in [-0.1, -0.05) is 23.7 Å². The Morgan fingerprint density at radius 2 is 1.68 bits per heavy atom. The molecule has 0 heterocycles. The van der Waals surface area contributed by atoms with Crippen LogP contribution in [0, 0.1) is 0 Å². The Labute approximate surface area is 151 Å². The Balaban J connectivity index is 1.45. The smallest absolute Gasteiger partial charge is 0.319 e. The van der Waals surface area contributed by atoms with E-state index < -0.39 is 0 Å². The zero-order valence-electron chi connectivity index (χ0n) is 13.7. The number of aryl methyl sites for hydroxylation is 1. The quantitative estimate of drug-likeness (QED) is 0.725. The number of carbonyl (C=O) groups excluding carboxylic acids is 2. The van der Waals surface area contributed by atoms with E-state index in [0.717, 1.165) is 18.4 Å². The van der Waals surface area contributed by atoms with Crippen LogP contribution in [0.15, 0.2) is 48.5 Å². The van der Waals surface area contributed by atoms with E-state index in [9.17, 15) is 9.59 Å². The van der Waals surface area contributed by atoms with Crippen LogP contribution in [0.3, 0.4) is 0 Å². The molecule has 2 aromatic carbocycles. The van der Waals surface area contributed by atoms with Crippen LogP contribution in [0.25, 0.3) is 0 Å². The summed E-state index contributed by atoms with van der Waals surface area (Å²) in [6, 6.07) is 14.7. The van der Waals surface area contributed by atoms with Crippen molar-refractivity contribution < 1.29 is 9.59 Å². The molecule has 1 fully saturated rings. The van der Waals surface area contributed by atoms with Crippen LogP contribution in [0.2, 0.25) is 5.02 Å². The number of anilines is 2. The van der Waals surface area contributed by atoms with E-state index in [4.69, 9.17) is 11.6 Å². The molecule has 1 saturated carbocycles. The normalized spacial score (nSPS) is 13.2. The minimum absolute atomic E-state index is 0.0628. The summed E-state index contributed by atoms with van der Waals surface area (Å²) in [6.07, 6.45) is 3.11. The maximum Gasteiger partial charge on any atom is 0.319 e. The van der Waals surface area contributed by atoms with Crippen molar-refractivity contribution in [3.8, 4) is 0 Å². The second kappa shape index (κ2) is 8.03. The van der Waals surface area contributed by atoms with Crippen molar-refractivity contribution >= 4 is 34.9 Å². The highest BCUT2D eigenvalue weighted by molar-refractivity contribution is 6.30. The third-order valence-corrected chi connectivity index (χ3v) is 4.10. The molecule has 25 heavy (non-hydrogen) atoms. The van der Waals surface area contributed by atoms with Crippen LogP contribution in [0.5, 0.6) is 0 Å². The molecule has 0 spiro atoms. The Morgan fingerprint density at radius 3 is 2.32 bits per heavy atom. The van der Waals surface area contributed by atoms with Gasteiger partial charge in [-0.15, -0.1) is 0 Å². The van der Waals surface area contributed by atoms with Gasteiger partial charge in [0.15, 0.2) is 0 Å². The maximum atomic E-state index is 12.0. The number of benzene rings is 2. The summed E-state index contributed by atoms with van der Waals surface area (Å²) >= 11 is 5.94. The minimum atomic E-state index is -0.194. The second-order valence-corrected chi connectivity index (χ2v) is 6.56. The van der Waals surface area contributed by atoms with Crippen molar-refractivity contribution in [2.75, 3.05) is 10.6 Å². The Morgan fingerprint density at radius 1 is 1.00 bits per heavy atom. The lowest BCUT2D eigenvalue weighted by atomic mass is 10.1. The second-order valence-electron chi connectivity index (χ2n) is 6.13. The van der Waals surface area contributed by atoms with Gasteiger partial charge in [-0.2, -0.15) is 0 Å². The number of carbonyl (C=O) groups is 2. The average molecular weight is 358 g/mol. The third kappa shape index (κ3) is 5.80. The fourth-order valence-corrected chi connectivity index (χ4v) is 2.60. The predicted molar refractivity (Wildman–Crippen MR) is 100 cm³/mol. The summed E-state index contributed by atoms with van der Waals surface area (Å²) < 4.78 is 0. The summed E-state index contributed by atoms with van der Waals surface area (Å²) in [4.78, 5) is 23.7. The van der Waals surface area contributed by atoms with Crippen molar-refractivity contribution in [1.29, 1.82) is 0 Å². The molecule has 5 nitrogen and oxygen atoms in total. The van der Waals surface area contributed by atoms with E-state index in [1.807, 2.05) is 24.3 Å². The fourth-order valence-electron chi connectivity index (χ4n) is 2.39. The molecule has 6 heteroatoms. The van der Waals surface area contributed by atoms with E-state index in [0.29, 0.717) is 35.3 Å². The van der Waals surface area contributed by atoms with Crippen LogP contribution >= 0.6 is 11.6 Å². The van der Waals surface area contributed by atoms with Gasteiger partial charge in [-0.25, -0.2) is 4.79 Å². The van der Waals surface area contributed by atoms with Gasteiger partial charge >= 0.3 is 6.03 Å². The predicted octanol–water partition coefficient (Wildman–Crippen LogP) is 4.20. The average Bonchev–Trinajstić information content (AvgIpc) is 3.39. The van der Waals surface area contributed by atoms with Crippen molar-refractivity contribution in [3.05, 3.63) is 59.1 Å². The molecule has 0 radical (unpaired) electrons. The number of nitrogens with one attached hydrogen (secondary N) is 3. The van der Waals surface area contributed by atoms with Crippen LogP contribution < -0.4 is 16.0 Å². The Hall–Kier alpha value is -2.53. The number of urea groups is 1. The molecular formula is C19H20ClN3O2. The van der Waals surface area contributed by atoms with Gasteiger partial charge in [0.25, 0.3) is 0 Å². The minimum Gasteiger partial charge on any atom is -0.335 e. The summed E-state index contributed by atoms with van der Waals surface area (Å²) in [5.74, 6) is -0.0628. The first-order valence-electron chi connectivity index (χ1n) is 8.30. The molecule has 3 N–H and O–H groups in total. The van der Waals surface area contributed by atoms with Crippen LogP contribution in [0.1, 0.15) is 24.8 Å². The number of halogens is 1. The summed E-state index contributed by atoms with van der Waals surface area (Å²) in [7, 11) is 0. The monoisotopic (exact) mass is 357 g/mol. The van der Waals surface area contributed by atoms with Gasteiger partial charge in [-0.05, 0) is 61.2 Å². The molecule has 0 aromatic heterocycles. The van der Waals surface area contributed by atoms with Crippen molar-refractivity contribution in [2.24, 2.45) is 0 Å². The lowest BCUT2D eigenvalue weighted by Gasteiger charge is -2.09. The van der Waals surface area contributed by atoms with Gasteiger partial charge in [0.1, 0.15) is 0 Å². The lowest BCUT2D eigenvalue weighted by Crippen LogP contribution is -2.30. The first kappa shape index (κ1) is 17.3. The van der Waals surface area contributed by atoms with Crippen molar-refractivity contribution in [1.82, 2.24) is 5.32 Å². The van der Waals surface area contributed by atoms with E-state index >= 15 is 0 Å². The first-order chi connectivity index (χ1) is 12.1. The standard InChI is InChI=1S/C19H20ClN3O2/c20-14-3-1-2-13(12-14)4-11-18(24)21-15-5-7-16(8-6-15)22-19(25)23-17-9-10-17/h1-3,5-8,12,17H,4,9-11H2,(H,21,24)(H2,22,23,25). The lowest BCUT2D eigenvalue weighted by molar-refractivity contribution is -0.116. The van der Waals surface area contributed by atoms with Crippen LogP contribution in [0.4, 0.5) is 16.2 Å². The Bertz CT molecular complexity index is 758. The molecule has 3 rings (SSSR count). The number of hydrogen-bond donors (Lipinski definition) is 3. The van der Waals surface area contributed by atoms with E-state index in [1.54, 1.807) is 24.3 Å². The first-order valence-corrected chi connectivity index (χ1v) is 8.68. The summed E-state index contributed by atoms with van der Waals surface area (Å²) in [5.41, 5.74) is 2.42. The molecule has 0 aliphatic heterocycles. The molecule has 0 saturated heterocycles. The molecular weight excluding hydrogens is 338 g/mol. The molecule has 2 aromatic rings. The number of rotatable bonds is 6. The van der Waals surface area contributed by atoms with E-state index in [1.165, 1.54) is 0 Å². The molecule has 1 aliphatic rings. The van der Waals surface area contributed by atoms with Crippen LogP contribution in [-0.2, 0) is 11.2 Å². The van der Waals surface area contributed by atoms with Gasteiger partial charge in [-0.3, -0.25) is 4.79 Å². The zero-order valence-corrected chi connectivity index (χ0v) is 14.5. The maximum absolute atomic E-state index is 12.0. The van der Waals surface area contributed by atoms with Crippen LogP contribution in [-0.4, -0.2) is 18.0 Å². The largest absolute Gasteiger partial charge is 0.335 e. The molecule has 130 valence electrons. The highest BCUT2D eigenvalue weighted by Gasteiger charge is 2.23. The number of hydrogen-bond acceptors (Lipinski definition) is 2. The number of amides is 3. The fraction of sp³-hybridized carbons (Fsp3) is 0.263. The zero-order chi connectivity index (χ0) is 17.6. The van der Waals surface area contributed by atoms with Gasteiger partial charge in [0.2, 0.25) is 5.91 Å². The summed E-state index contributed by atoms with van der Waals surface area (Å²) in [5, 5.41) is 9.15. The van der Waals surface area contributed by atoms with Gasteiger partial charge in [0, 0.05) is 28.9 Å². The highest BCUT2D eigenvalue weighted by Crippen LogP contribution is 2.19. The van der Waals surface area contributed by atoms with Gasteiger partial charge < -0.3 is 16.0 Å². The SMILES string of the molecule is O=C(CCc1cccc(Cl)c1)Nc1ccc(NC(=O)NC2CC2)cc1. The molecule has 0 atom stereocenters. The molecule has 1 aliphatic carbocycles. The van der Waals surface area contributed by atoms with E-state index in [-0.39, 0.29) is 11.9 Å². The van der Waals surface area contributed by atoms with E-state index in [2.05, 4.69) is 16.0 Å². The highest BCUT2D eigenvalue weighted by atomic mass is 35.5. The summed E-state index contributed by atoms with van der Waals surface area (Å²) in [6.45, 7) is 0. The molecule has 3 amide bonds. The van der Waals surface area contributed by atoms with Crippen molar-refractivity contribution in [3.63, 3.8) is 0 Å².